The summed E-state index contributed by atoms with van der Waals surface area (Å²) < 4.78 is 0. The van der Waals surface area contributed by atoms with Gasteiger partial charge in [0, 0.05) is 11.6 Å². The summed E-state index contributed by atoms with van der Waals surface area (Å²) in [6.45, 7) is 0.245. The predicted molar refractivity (Wildman–Crippen MR) is 63.8 cm³/mol. The molecule has 1 rings (SSSR count). The lowest BCUT2D eigenvalue weighted by molar-refractivity contribution is -0.137. The van der Waals surface area contributed by atoms with Gasteiger partial charge in [0.25, 0.3) is 0 Å². The molecule has 0 unspecified atom stereocenters. The van der Waals surface area contributed by atoms with E-state index in [1.54, 1.807) is 12.1 Å². The fourth-order valence-corrected chi connectivity index (χ4v) is 1.29. The van der Waals surface area contributed by atoms with Crippen LogP contribution in [0.3, 0.4) is 0 Å². The number of hydrogen-bond acceptors (Lipinski definition) is 3. The summed E-state index contributed by atoms with van der Waals surface area (Å²) in [6, 6.07) is 7.24. The summed E-state index contributed by atoms with van der Waals surface area (Å²) in [7, 11) is 0. The van der Waals surface area contributed by atoms with Crippen molar-refractivity contribution < 1.29 is 14.7 Å². The van der Waals surface area contributed by atoms with E-state index in [1.165, 1.54) is 0 Å². The maximum absolute atomic E-state index is 11.1. The molecule has 1 aromatic rings. The molecule has 3 N–H and O–H groups in total. The van der Waals surface area contributed by atoms with Crippen LogP contribution in [-0.2, 0) is 16.1 Å². The highest BCUT2D eigenvalue weighted by atomic mass is 35.5. The summed E-state index contributed by atoms with van der Waals surface area (Å²) in [5, 5.41) is 14.2. The quantitative estimate of drug-likeness (QED) is 0.698. The number of carbonyl (C=O) groups is 2. The van der Waals surface area contributed by atoms with E-state index in [4.69, 9.17) is 16.7 Å². The molecule has 1 aromatic carbocycles. The molecular formula is C11H13ClN2O3. The first kappa shape index (κ1) is 13.5. The molecule has 5 nitrogen and oxygen atoms in total. The average Bonchev–Trinajstić information content (AvgIpc) is 2.29. The minimum Gasteiger partial charge on any atom is -0.480 e. The number of amides is 1. The Morgan fingerprint density at radius 1 is 1.18 bits per heavy atom. The summed E-state index contributed by atoms with van der Waals surface area (Å²) in [6.07, 6.45) is 0. The average molecular weight is 257 g/mol. The molecule has 17 heavy (non-hydrogen) atoms. The zero-order chi connectivity index (χ0) is 12.7. The van der Waals surface area contributed by atoms with Gasteiger partial charge in [-0.2, -0.15) is 0 Å². The van der Waals surface area contributed by atoms with Crippen molar-refractivity contribution in [1.29, 1.82) is 0 Å². The lowest BCUT2D eigenvalue weighted by Gasteiger charge is -2.05. The lowest BCUT2D eigenvalue weighted by Crippen LogP contribution is -2.36. The number of carboxylic acids is 1. The Labute approximate surface area is 104 Å². The van der Waals surface area contributed by atoms with Crippen LogP contribution in [0.25, 0.3) is 0 Å². The molecule has 0 radical (unpaired) electrons. The number of halogens is 1. The van der Waals surface area contributed by atoms with E-state index >= 15 is 0 Å². The molecule has 92 valence electrons. The summed E-state index contributed by atoms with van der Waals surface area (Å²) in [4.78, 5) is 21.3. The molecule has 0 bridgehead atoms. The first-order valence-electron chi connectivity index (χ1n) is 5.01. The van der Waals surface area contributed by atoms with E-state index in [0.29, 0.717) is 11.6 Å². The molecule has 6 heteroatoms. The Bertz CT molecular complexity index is 392. The first-order chi connectivity index (χ1) is 8.08. The number of nitrogens with one attached hydrogen (secondary N) is 2. The van der Waals surface area contributed by atoms with Gasteiger partial charge >= 0.3 is 5.97 Å². The van der Waals surface area contributed by atoms with Gasteiger partial charge in [0.15, 0.2) is 0 Å². The minimum atomic E-state index is -1.06. The highest BCUT2D eigenvalue weighted by Gasteiger charge is 2.02. The van der Waals surface area contributed by atoms with Crippen molar-refractivity contribution in [2.75, 3.05) is 13.1 Å². The molecule has 0 saturated carbocycles. The predicted octanol–water partition coefficient (Wildman–Crippen LogP) is 0.630. The first-order valence-corrected chi connectivity index (χ1v) is 5.39. The van der Waals surface area contributed by atoms with Gasteiger partial charge in [-0.25, -0.2) is 0 Å². The second-order valence-corrected chi connectivity index (χ2v) is 3.84. The normalized spacial score (nSPS) is 9.94. The Morgan fingerprint density at radius 2 is 1.82 bits per heavy atom. The van der Waals surface area contributed by atoms with Crippen molar-refractivity contribution in [2.45, 2.75) is 6.54 Å². The smallest absolute Gasteiger partial charge is 0.322 e. The third-order valence-corrected chi connectivity index (χ3v) is 2.22. The van der Waals surface area contributed by atoms with Gasteiger partial charge in [-0.3, -0.25) is 9.59 Å². The SMILES string of the molecule is O=C(O)CNC(=O)CNCc1ccc(Cl)cc1. The topological polar surface area (TPSA) is 78.4 Å². The van der Waals surface area contributed by atoms with Crippen LogP contribution >= 0.6 is 11.6 Å². The third-order valence-electron chi connectivity index (χ3n) is 1.96. The van der Waals surface area contributed by atoms with Crippen molar-refractivity contribution >= 4 is 23.5 Å². The second-order valence-electron chi connectivity index (χ2n) is 3.40. The maximum Gasteiger partial charge on any atom is 0.322 e. The van der Waals surface area contributed by atoms with Crippen LogP contribution in [-0.4, -0.2) is 30.1 Å². The standard InChI is InChI=1S/C11H13ClN2O3/c12-9-3-1-8(2-4-9)5-13-6-10(15)14-7-11(16)17/h1-4,13H,5-7H2,(H,14,15)(H,16,17). The van der Waals surface area contributed by atoms with Gasteiger partial charge < -0.3 is 15.7 Å². The van der Waals surface area contributed by atoms with E-state index < -0.39 is 5.97 Å². The molecule has 0 aliphatic heterocycles. The van der Waals surface area contributed by atoms with Crippen LogP contribution < -0.4 is 10.6 Å². The number of rotatable bonds is 6. The third kappa shape index (κ3) is 5.89. The Kier molecular flexibility index (Phi) is 5.45. The lowest BCUT2D eigenvalue weighted by atomic mass is 10.2. The van der Waals surface area contributed by atoms with Crippen LogP contribution in [0.4, 0.5) is 0 Å². The molecule has 0 aromatic heterocycles. The van der Waals surface area contributed by atoms with Crippen molar-refractivity contribution in [2.24, 2.45) is 0 Å². The van der Waals surface area contributed by atoms with Crippen LogP contribution in [0.1, 0.15) is 5.56 Å². The Balaban J connectivity index is 2.21. The van der Waals surface area contributed by atoms with Crippen LogP contribution in [0, 0.1) is 0 Å². The van der Waals surface area contributed by atoms with Gasteiger partial charge in [-0.1, -0.05) is 23.7 Å². The van der Waals surface area contributed by atoms with Gasteiger partial charge in [0.05, 0.1) is 6.54 Å². The van der Waals surface area contributed by atoms with Gasteiger partial charge in [0.1, 0.15) is 6.54 Å². The summed E-state index contributed by atoms with van der Waals surface area (Å²) in [5.41, 5.74) is 1.00. The molecule has 0 spiro atoms. The second kappa shape index (κ2) is 6.88. The van der Waals surface area contributed by atoms with E-state index in [-0.39, 0.29) is 19.0 Å². The van der Waals surface area contributed by atoms with Crippen molar-refractivity contribution in [3.63, 3.8) is 0 Å². The van der Waals surface area contributed by atoms with Gasteiger partial charge in [-0.15, -0.1) is 0 Å². The molecule has 1 amide bonds. The highest BCUT2D eigenvalue weighted by molar-refractivity contribution is 6.30. The van der Waals surface area contributed by atoms with E-state index in [1.807, 2.05) is 12.1 Å². The number of carbonyl (C=O) groups excluding carboxylic acids is 1. The number of benzene rings is 1. The fourth-order valence-electron chi connectivity index (χ4n) is 1.16. The van der Waals surface area contributed by atoms with Crippen molar-refractivity contribution in [3.05, 3.63) is 34.9 Å². The van der Waals surface area contributed by atoms with E-state index in [0.717, 1.165) is 5.56 Å². The zero-order valence-electron chi connectivity index (χ0n) is 9.07. The highest BCUT2D eigenvalue weighted by Crippen LogP contribution is 2.08. The largest absolute Gasteiger partial charge is 0.480 e. The molecule has 0 aliphatic rings. The Morgan fingerprint density at radius 3 is 2.41 bits per heavy atom. The van der Waals surface area contributed by atoms with Crippen molar-refractivity contribution in [3.8, 4) is 0 Å². The molecule has 0 atom stereocenters. The monoisotopic (exact) mass is 256 g/mol. The van der Waals surface area contributed by atoms with Gasteiger partial charge in [-0.05, 0) is 17.7 Å². The number of carboxylic acid groups (broad SMARTS) is 1. The zero-order valence-corrected chi connectivity index (χ0v) is 9.83. The van der Waals surface area contributed by atoms with Gasteiger partial charge in [0.2, 0.25) is 5.91 Å². The van der Waals surface area contributed by atoms with Crippen LogP contribution in [0.15, 0.2) is 24.3 Å². The summed E-state index contributed by atoms with van der Waals surface area (Å²) >= 11 is 5.73. The summed E-state index contributed by atoms with van der Waals surface area (Å²) in [5.74, 6) is -1.41. The molecule has 0 heterocycles. The number of hydrogen-bond donors (Lipinski definition) is 3. The minimum absolute atomic E-state index is 0.0793. The van der Waals surface area contributed by atoms with Crippen LogP contribution in [0.2, 0.25) is 5.02 Å². The Hall–Kier alpha value is -1.59. The van der Waals surface area contributed by atoms with E-state index in [9.17, 15) is 9.59 Å². The maximum atomic E-state index is 11.1. The molecule has 0 saturated heterocycles. The van der Waals surface area contributed by atoms with Crippen molar-refractivity contribution in [1.82, 2.24) is 10.6 Å². The molecule has 0 aliphatic carbocycles. The van der Waals surface area contributed by atoms with Crippen LogP contribution in [0.5, 0.6) is 0 Å². The fraction of sp³-hybridized carbons (Fsp3) is 0.273. The molecule has 0 fully saturated rings. The molecular weight excluding hydrogens is 244 g/mol. The number of aliphatic carboxylic acids is 1. The van der Waals surface area contributed by atoms with E-state index in [2.05, 4.69) is 10.6 Å².